The summed E-state index contributed by atoms with van der Waals surface area (Å²) in [6.45, 7) is 0. The number of hydrogen-bond acceptors (Lipinski definition) is 4. The van der Waals surface area contributed by atoms with Gasteiger partial charge in [-0.15, -0.1) is 0 Å². The Bertz CT molecular complexity index is 2040. The second-order valence-electron chi connectivity index (χ2n) is 10.8. The van der Waals surface area contributed by atoms with Gasteiger partial charge in [0.15, 0.2) is 0 Å². The maximum Gasteiger partial charge on any atom is 0.141 e. The molecule has 0 spiro atoms. The van der Waals surface area contributed by atoms with E-state index in [0.29, 0.717) is 22.8 Å². The molecule has 2 N–H and O–H groups in total. The van der Waals surface area contributed by atoms with E-state index < -0.39 is 0 Å². The van der Waals surface area contributed by atoms with E-state index in [2.05, 4.69) is 53.4 Å². The average molecular weight is 566 g/mol. The van der Waals surface area contributed by atoms with Gasteiger partial charge in [-0.1, -0.05) is 115 Å². The Morgan fingerprint density at radius 1 is 0.477 bits per heavy atom. The number of allylic oxidation sites excluding steroid dienone is 1. The molecule has 0 radical (unpaired) electrons. The van der Waals surface area contributed by atoms with Crippen molar-refractivity contribution in [2.45, 2.75) is 0 Å². The number of nitrogens with one attached hydrogen (secondary N) is 2. The third kappa shape index (κ3) is 4.06. The van der Waals surface area contributed by atoms with Gasteiger partial charge in [-0.2, -0.15) is 0 Å². The minimum absolute atomic E-state index is 0.288. The average Bonchev–Trinajstić information content (AvgIpc) is 3.55. The van der Waals surface area contributed by atoms with Gasteiger partial charge in [0, 0.05) is 22.4 Å². The second kappa shape index (κ2) is 10.3. The van der Waals surface area contributed by atoms with Gasteiger partial charge in [-0.05, 0) is 47.5 Å². The lowest BCUT2D eigenvalue weighted by Crippen LogP contribution is -2.24. The van der Waals surface area contributed by atoms with Crippen molar-refractivity contribution in [3.63, 3.8) is 0 Å². The van der Waals surface area contributed by atoms with Crippen LogP contribution in [0.3, 0.4) is 0 Å². The minimum Gasteiger partial charge on any atom is -0.307 e. The molecule has 1 aromatic heterocycles. The molecule has 2 aliphatic rings. The Labute approximate surface area is 256 Å². The summed E-state index contributed by atoms with van der Waals surface area (Å²) < 4.78 is 0. The highest BCUT2D eigenvalue weighted by atomic mass is 15.3. The normalized spacial score (nSPS) is 15.5. The van der Waals surface area contributed by atoms with Crippen LogP contribution in [0.25, 0.3) is 28.0 Å². The van der Waals surface area contributed by atoms with Gasteiger partial charge in [-0.3, -0.25) is 15.7 Å². The molecule has 0 unspecified atom stereocenters. The molecule has 8 rings (SSSR count). The van der Waals surface area contributed by atoms with E-state index in [-0.39, 0.29) is 5.84 Å². The van der Waals surface area contributed by atoms with Crippen LogP contribution in [0.1, 0.15) is 11.1 Å². The first kappa shape index (κ1) is 25.6. The van der Waals surface area contributed by atoms with Crippen LogP contribution in [0.15, 0.2) is 157 Å². The lowest BCUT2D eigenvalue weighted by Gasteiger charge is -2.24. The highest BCUT2D eigenvalue weighted by Gasteiger charge is 2.40. The van der Waals surface area contributed by atoms with Crippen LogP contribution in [0.4, 0.5) is 22.9 Å². The Morgan fingerprint density at radius 3 is 1.70 bits per heavy atom. The maximum absolute atomic E-state index is 9.76. The van der Waals surface area contributed by atoms with Crippen LogP contribution in [-0.2, 0) is 0 Å². The minimum atomic E-state index is 0.288. The summed E-state index contributed by atoms with van der Waals surface area (Å²) in [7, 11) is 0. The van der Waals surface area contributed by atoms with Gasteiger partial charge in [0.05, 0.1) is 34.1 Å². The van der Waals surface area contributed by atoms with E-state index in [9.17, 15) is 10.8 Å². The molecular formula is C39H27N5. The number of aromatic nitrogens is 1. The molecule has 208 valence electrons. The zero-order valence-electron chi connectivity index (χ0n) is 23.8. The van der Waals surface area contributed by atoms with E-state index in [1.807, 2.05) is 108 Å². The quantitative estimate of drug-likeness (QED) is 0.224. The van der Waals surface area contributed by atoms with Crippen LogP contribution in [0.5, 0.6) is 0 Å². The zero-order valence-corrected chi connectivity index (χ0v) is 23.8. The van der Waals surface area contributed by atoms with E-state index >= 15 is 0 Å². The number of anilines is 4. The molecule has 44 heavy (non-hydrogen) atoms. The fourth-order valence-electron chi connectivity index (χ4n) is 6.22. The highest BCUT2D eigenvalue weighted by molar-refractivity contribution is 6.42. The topological polar surface area (TPSA) is 67.1 Å². The van der Waals surface area contributed by atoms with Crippen LogP contribution in [0, 0.1) is 10.8 Å². The summed E-state index contributed by atoms with van der Waals surface area (Å²) in [6, 6.07) is 50.8. The summed E-state index contributed by atoms with van der Waals surface area (Å²) in [5.74, 6) is 0.947. The summed E-state index contributed by atoms with van der Waals surface area (Å²) in [6.07, 6.45) is 0. The second-order valence-corrected chi connectivity index (χ2v) is 10.8. The van der Waals surface area contributed by atoms with Gasteiger partial charge in [0.25, 0.3) is 0 Å². The molecule has 0 saturated heterocycles. The Kier molecular flexibility index (Phi) is 6.02. The van der Waals surface area contributed by atoms with Crippen LogP contribution >= 0.6 is 0 Å². The molecule has 5 heteroatoms. The summed E-state index contributed by atoms with van der Waals surface area (Å²) in [5.41, 5.74) is 10.2. The molecule has 5 aromatic carbocycles. The number of amidine groups is 1. The number of fused-ring (bicyclic) bond motifs is 2. The molecular weight excluding hydrogens is 538 g/mol. The van der Waals surface area contributed by atoms with Crippen LogP contribution in [0.2, 0.25) is 0 Å². The van der Waals surface area contributed by atoms with Crippen molar-refractivity contribution in [1.29, 1.82) is 10.8 Å². The van der Waals surface area contributed by atoms with Gasteiger partial charge in [0.1, 0.15) is 11.7 Å². The van der Waals surface area contributed by atoms with Crippen molar-refractivity contribution in [2.24, 2.45) is 0 Å². The van der Waals surface area contributed by atoms with E-state index in [0.717, 1.165) is 50.6 Å². The Balaban J connectivity index is 1.36. The Morgan fingerprint density at radius 2 is 1.02 bits per heavy atom. The molecule has 0 fully saturated rings. The van der Waals surface area contributed by atoms with Gasteiger partial charge in [0.2, 0.25) is 0 Å². The largest absolute Gasteiger partial charge is 0.307 e. The zero-order chi connectivity index (χ0) is 29.6. The predicted octanol–water partition coefficient (Wildman–Crippen LogP) is 9.48. The molecule has 0 amide bonds. The smallest absolute Gasteiger partial charge is 0.141 e. The predicted molar refractivity (Wildman–Crippen MR) is 180 cm³/mol. The maximum atomic E-state index is 9.76. The van der Waals surface area contributed by atoms with Crippen LogP contribution < -0.4 is 9.80 Å². The number of hydrogen-bond donors (Lipinski definition) is 2. The van der Waals surface area contributed by atoms with Gasteiger partial charge < -0.3 is 4.90 Å². The first-order valence-corrected chi connectivity index (χ1v) is 14.6. The number of para-hydroxylation sites is 3. The van der Waals surface area contributed by atoms with E-state index in [1.165, 1.54) is 0 Å². The molecule has 0 bridgehead atoms. The summed E-state index contributed by atoms with van der Waals surface area (Å²) in [5, 5.41) is 19.2. The SMILES string of the molecule is N=C1/C(=C2\C(=N)N(c3cc(-c4ccccc4)cc(-c4ccccc4)n3)c3ccccc32)N(c2ccccc2)c2ccccc21. The number of rotatable bonds is 4. The number of nitrogens with zero attached hydrogens (tertiary/aromatic N) is 3. The van der Waals surface area contributed by atoms with Crippen molar-refractivity contribution in [3.05, 3.63) is 168 Å². The standard InChI is InChI=1S/C39H27N5/c40-37-31-21-11-13-23-34(31)43(29-18-8-3-9-19-29)38(37)36-30-20-10-12-22-33(30)44(39(36)41)35-25-28(26-14-4-1-5-15-26)24-32(42-35)27-16-6-2-7-17-27/h1-25,40-41H/b38-36+,40-37?,41-39?. The molecule has 2 aliphatic heterocycles. The third-order valence-electron chi connectivity index (χ3n) is 8.22. The molecule has 6 aromatic rings. The fourth-order valence-corrected chi connectivity index (χ4v) is 6.22. The van der Waals surface area contributed by atoms with E-state index in [1.54, 1.807) is 0 Å². The van der Waals surface area contributed by atoms with E-state index in [4.69, 9.17) is 4.98 Å². The monoisotopic (exact) mass is 565 g/mol. The molecule has 0 aliphatic carbocycles. The molecule has 5 nitrogen and oxygen atoms in total. The summed E-state index contributed by atoms with van der Waals surface area (Å²) in [4.78, 5) is 9.20. The van der Waals surface area contributed by atoms with Crippen molar-refractivity contribution in [3.8, 4) is 22.4 Å². The van der Waals surface area contributed by atoms with Gasteiger partial charge >= 0.3 is 0 Å². The molecule has 3 heterocycles. The van der Waals surface area contributed by atoms with Gasteiger partial charge in [-0.25, -0.2) is 4.98 Å². The lowest BCUT2D eigenvalue weighted by molar-refractivity contribution is 1.22. The van der Waals surface area contributed by atoms with Crippen LogP contribution in [-0.4, -0.2) is 16.5 Å². The first-order valence-electron chi connectivity index (χ1n) is 14.6. The lowest BCUT2D eigenvalue weighted by atomic mass is 10.0. The number of benzene rings is 5. The van der Waals surface area contributed by atoms with Crippen molar-refractivity contribution < 1.29 is 0 Å². The van der Waals surface area contributed by atoms with Crippen molar-refractivity contribution in [2.75, 3.05) is 9.80 Å². The number of pyridine rings is 1. The Hall–Kier alpha value is -6.07. The highest BCUT2D eigenvalue weighted by Crippen LogP contribution is 2.49. The fraction of sp³-hybridized carbons (Fsp3) is 0. The molecule has 0 saturated carbocycles. The van der Waals surface area contributed by atoms with Crippen molar-refractivity contribution in [1.82, 2.24) is 4.98 Å². The van der Waals surface area contributed by atoms with Crippen molar-refractivity contribution >= 4 is 40.0 Å². The third-order valence-corrected chi connectivity index (χ3v) is 8.22. The first-order chi connectivity index (χ1) is 21.7. The summed E-state index contributed by atoms with van der Waals surface area (Å²) >= 11 is 0. The molecule has 0 atom stereocenters.